The molecule has 0 aliphatic heterocycles. The molecule has 1 amide bonds. The van der Waals surface area contributed by atoms with E-state index in [4.69, 9.17) is 9.84 Å². The highest BCUT2D eigenvalue weighted by Gasteiger charge is 2.37. The highest BCUT2D eigenvalue weighted by Crippen LogP contribution is 2.56. The third-order valence-corrected chi connectivity index (χ3v) is 5.12. The molecule has 0 fully saturated rings. The molecule has 0 aliphatic carbocycles. The first-order valence-corrected chi connectivity index (χ1v) is 8.14. The van der Waals surface area contributed by atoms with Crippen LogP contribution in [-0.2, 0) is 4.57 Å². The summed E-state index contributed by atoms with van der Waals surface area (Å²) in [5.41, 5.74) is 2.43. The smallest absolute Gasteiger partial charge is 0.429 e. The van der Waals surface area contributed by atoms with E-state index >= 15 is 0 Å². The van der Waals surface area contributed by atoms with Crippen molar-refractivity contribution in [1.82, 2.24) is 0 Å². The van der Waals surface area contributed by atoms with Crippen molar-refractivity contribution in [1.29, 1.82) is 0 Å². The van der Waals surface area contributed by atoms with Crippen LogP contribution in [0.25, 0.3) is 21.4 Å². The minimum atomic E-state index is -1.46. The zero-order valence-corrected chi connectivity index (χ0v) is 13.1. The van der Waals surface area contributed by atoms with Crippen molar-refractivity contribution in [2.75, 3.05) is 18.6 Å². The van der Waals surface area contributed by atoms with Gasteiger partial charge in [0.05, 0.1) is 6.61 Å². The summed E-state index contributed by atoms with van der Waals surface area (Å²) in [6.45, 7) is 2.44. The van der Waals surface area contributed by atoms with Gasteiger partial charge in [0.25, 0.3) is 10.2 Å². The molecule has 112 valence electrons. The van der Waals surface area contributed by atoms with Crippen LogP contribution in [0.5, 0.6) is 5.75 Å². The van der Waals surface area contributed by atoms with E-state index in [1.54, 1.807) is 12.1 Å². The molecule has 3 rings (SSSR count). The molecule has 6 heteroatoms. The van der Waals surface area contributed by atoms with Crippen molar-refractivity contribution in [3.8, 4) is 16.9 Å². The second-order valence-corrected chi connectivity index (χ2v) is 6.41. The van der Waals surface area contributed by atoms with Crippen molar-refractivity contribution in [3.05, 3.63) is 36.4 Å². The summed E-state index contributed by atoms with van der Waals surface area (Å²) in [7, 11) is 0.0309. The Kier molecular flexibility index (Phi) is 3.59. The van der Waals surface area contributed by atoms with Gasteiger partial charge in [0, 0.05) is 18.3 Å². The Morgan fingerprint density at radius 2 is 1.86 bits per heavy atom. The lowest BCUT2D eigenvalue weighted by Gasteiger charge is -2.13. The van der Waals surface area contributed by atoms with E-state index in [2.05, 4.69) is 0 Å². The van der Waals surface area contributed by atoms with Crippen molar-refractivity contribution < 1.29 is 19.2 Å². The van der Waals surface area contributed by atoms with Crippen LogP contribution in [0.1, 0.15) is 6.92 Å². The van der Waals surface area contributed by atoms with Gasteiger partial charge in [-0.15, -0.1) is 0 Å². The molecule has 0 saturated heterocycles. The summed E-state index contributed by atoms with van der Waals surface area (Å²) in [4.78, 5) is 12.1. The predicted octanol–water partition coefficient (Wildman–Crippen LogP) is 4.64. The van der Waals surface area contributed by atoms with Crippen molar-refractivity contribution in [2.45, 2.75) is 6.92 Å². The van der Waals surface area contributed by atoms with E-state index in [1.165, 1.54) is 7.05 Å². The summed E-state index contributed by atoms with van der Waals surface area (Å²) in [5.74, 6) is 0.699. The van der Waals surface area contributed by atoms with Crippen LogP contribution in [-0.4, -0.2) is 24.9 Å². The lowest BCUT2D eigenvalue weighted by atomic mass is 10.1. The largest absolute Gasteiger partial charge is 0.489 e. The number of nitrogens with zero attached hydrogens (tertiary/aromatic N) is 1. The van der Waals surface area contributed by atoms with Crippen LogP contribution in [0.15, 0.2) is 36.4 Å². The van der Waals surface area contributed by atoms with E-state index in [0.29, 0.717) is 18.0 Å². The van der Waals surface area contributed by atoms with Gasteiger partial charge in [0.1, 0.15) is 0 Å². The molecule has 5 nitrogen and oxygen atoms in total. The number of carbonyl (C=O) groups is 1. The van der Waals surface area contributed by atoms with Crippen molar-refractivity contribution >= 4 is 29.4 Å². The Balaban J connectivity index is 1.97. The van der Waals surface area contributed by atoms with Gasteiger partial charge >= 0.3 is 13.5 Å². The molecule has 2 aromatic carbocycles. The Labute approximate surface area is 128 Å². The Morgan fingerprint density at radius 1 is 1.18 bits per heavy atom. The molecule has 0 radical (unpaired) electrons. The lowest BCUT2D eigenvalue weighted by molar-refractivity contribution is 0.203. The second-order valence-electron chi connectivity index (χ2n) is 4.92. The van der Waals surface area contributed by atoms with E-state index in [9.17, 15) is 9.36 Å². The highest BCUT2D eigenvalue weighted by molar-refractivity contribution is 7.59. The van der Waals surface area contributed by atoms with Crippen LogP contribution in [0.3, 0.4) is 0 Å². The fourth-order valence-electron chi connectivity index (χ4n) is 2.40. The molecule has 0 bridgehead atoms. The van der Waals surface area contributed by atoms with E-state index < -0.39 is 13.5 Å². The normalized spacial score (nSPS) is 11.8. The van der Waals surface area contributed by atoms with Gasteiger partial charge in [-0.25, -0.2) is 4.79 Å². The van der Waals surface area contributed by atoms with E-state index in [1.807, 2.05) is 31.2 Å². The first-order valence-electron chi connectivity index (χ1n) is 6.88. The molecule has 1 heterocycles. The SMILES string of the molecule is CCOc1ccc(-c2ccc(N(C)C(=O)O)cc2)c2c1[p+]2=O. The molecule has 1 aromatic heterocycles. The molecule has 0 aliphatic rings. The standard InChI is InChI=1S/C16H14NO4P/c1-3-21-13-9-8-12(14-15(13)22(14)20)10-4-6-11(7-5-10)17(2)16(18)19/h4-9H,3H2,1-2H3/p+1. The molecule has 0 spiro atoms. The number of hydrogen-bond acceptors (Lipinski definition) is 3. The number of carboxylic acid groups (broad SMARTS) is 1. The van der Waals surface area contributed by atoms with Crippen LogP contribution in [0.4, 0.5) is 10.5 Å². The number of benzene rings is 2. The summed E-state index contributed by atoms with van der Waals surface area (Å²) in [6.07, 6.45) is -1.01. The molecule has 22 heavy (non-hydrogen) atoms. The van der Waals surface area contributed by atoms with Gasteiger partial charge < -0.3 is 9.84 Å². The second kappa shape index (κ2) is 5.43. The summed E-state index contributed by atoms with van der Waals surface area (Å²) < 4.78 is 17.6. The van der Waals surface area contributed by atoms with Crippen LogP contribution in [0.2, 0.25) is 0 Å². The van der Waals surface area contributed by atoms with E-state index in [-0.39, 0.29) is 0 Å². The number of rotatable bonds is 4. The predicted molar refractivity (Wildman–Crippen MR) is 87.0 cm³/mol. The van der Waals surface area contributed by atoms with Gasteiger partial charge in [0.2, 0.25) is 0 Å². The lowest BCUT2D eigenvalue weighted by Crippen LogP contribution is -2.23. The zero-order valence-electron chi connectivity index (χ0n) is 12.2. The molecule has 1 atom stereocenters. The first kappa shape index (κ1) is 14.5. The maximum atomic E-state index is 12.1. The van der Waals surface area contributed by atoms with Crippen LogP contribution in [0, 0.1) is 0 Å². The number of ether oxygens (including phenoxy) is 1. The molecule has 1 unspecified atom stereocenters. The fourth-order valence-corrected chi connectivity index (χ4v) is 3.82. The number of amides is 1. The molecule has 3 aromatic rings. The summed E-state index contributed by atoms with van der Waals surface area (Å²) >= 11 is 0. The maximum Gasteiger partial charge on any atom is 0.429 e. The number of anilines is 1. The Bertz CT molecular complexity index is 862. The van der Waals surface area contributed by atoms with Crippen LogP contribution < -0.4 is 9.64 Å². The van der Waals surface area contributed by atoms with Crippen molar-refractivity contribution in [2.24, 2.45) is 0 Å². The molecule has 1 N–H and O–H groups in total. The molecule has 0 saturated carbocycles. The summed E-state index contributed by atoms with van der Waals surface area (Å²) in [5, 5.41) is 10.6. The third kappa shape index (κ3) is 2.34. The van der Waals surface area contributed by atoms with Crippen LogP contribution >= 0.6 is 7.41 Å². The molecular weight excluding hydrogens is 301 g/mol. The quantitative estimate of drug-likeness (QED) is 0.761. The fraction of sp³-hybridized carbons (Fsp3) is 0.188. The van der Waals surface area contributed by atoms with Gasteiger partial charge in [-0.05, 0) is 36.8 Å². The maximum absolute atomic E-state index is 12.1. The minimum Gasteiger partial charge on any atom is -0.489 e. The highest BCUT2D eigenvalue weighted by atomic mass is 31.1. The van der Waals surface area contributed by atoms with Gasteiger partial charge in [-0.3, -0.25) is 4.90 Å². The van der Waals surface area contributed by atoms with E-state index in [0.717, 1.165) is 26.3 Å². The zero-order chi connectivity index (χ0) is 15.9. The first-order chi connectivity index (χ1) is 10.5. The minimum absolute atomic E-state index is 0.547. The Morgan fingerprint density at radius 3 is 2.45 bits per heavy atom. The molecular formula is C16H15NO4P+. The third-order valence-electron chi connectivity index (χ3n) is 3.62. The average molecular weight is 316 g/mol. The summed E-state index contributed by atoms with van der Waals surface area (Å²) in [6, 6.07) is 10.9. The number of fused-ring (bicyclic) bond motifs is 1. The average Bonchev–Trinajstić information content (AvgIpc) is 3.19. The monoisotopic (exact) mass is 316 g/mol. The van der Waals surface area contributed by atoms with Crippen molar-refractivity contribution in [3.63, 3.8) is 0 Å². The number of hydrogen-bond donors (Lipinski definition) is 1. The van der Waals surface area contributed by atoms with Gasteiger partial charge in [-0.2, -0.15) is 0 Å². The van der Waals surface area contributed by atoms with Gasteiger partial charge in [-0.1, -0.05) is 16.7 Å². The Hall–Kier alpha value is -2.39. The topological polar surface area (TPSA) is 66.8 Å². The van der Waals surface area contributed by atoms with Gasteiger partial charge in [0.15, 0.2) is 5.75 Å².